The lowest BCUT2D eigenvalue weighted by molar-refractivity contribution is 0.153. The van der Waals surface area contributed by atoms with E-state index in [1.165, 1.54) is 0 Å². The lowest BCUT2D eigenvalue weighted by Gasteiger charge is -2.13. The molecule has 1 rings (SSSR count). The van der Waals surface area contributed by atoms with Gasteiger partial charge in [-0.15, -0.1) is 0 Å². The second-order valence-electron chi connectivity index (χ2n) is 4.50. The van der Waals surface area contributed by atoms with Crippen LogP contribution in [0.2, 0.25) is 0 Å². The molecule has 0 amide bonds. The van der Waals surface area contributed by atoms with Crippen LogP contribution in [0.15, 0.2) is 12.1 Å². The molecule has 0 radical (unpaired) electrons. The summed E-state index contributed by atoms with van der Waals surface area (Å²) in [4.78, 5) is 0. The van der Waals surface area contributed by atoms with E-state index in [1.54, 1.807) is 0 Å². The Kier molecular flexibility index (Phi) is 6.19. The fraction of sp³-hybridized carbons (Fsp3) is 0.571. The van der Waals surface area contributed by atoms with Crippen LogP contribution < -0.4 is 0 Å². The first-order valence-electron chi connectivity index (χ1n) is 6.38. The van der Waals surface area contributed by atoms with Gasteiger partial charge in [-0.2, -0.15) is 0 Å². The Bertz CT molecular complexity index is 356. The molecule has 1 nitrogen and oxygen atoms in total. The second kappa shape index (κ2) is 7.41. The minimum atomic E-state index is -1.20. The van der Waals surface area contributed by atoms with Gasteiger partial charge >= 0.3 is 0 Å². The Balaban J connectivity index is 2.53. The standard InChI is InChI=1S/C14H19F3O/c1-2-3-4-5-6-7-13(18)14-11(16)8-10(15)9-12(14)17/h8-9,13,18H,2-7H2,1H3. The number of aliphatic hydroxyl groups is 1. The normalized spacial score (nSPS) is 12.7. The zero-order chi connectivity index (χ0) is 13.5. The van der Waals surface area contributed by atoms with E-state index in [2.05, 4.69) is 6.92 Å². The molecule has 0 bridgehead atoms. The van der Waals surface area contributed by atoms with Crippen molar-refractivity contribution in [2.75, 3.05) is 0 Å². The maximum atomic E-state index is 13.4. The summed E-state index contributed by atoms with van der Waals surface area (Å²) in [7, 11) is 0. The van der Waals surface area contributed by atoms with Crippen LogP contribution in [0.25, 0.3) is 0 Å². The van der Waals surface area contributed by atoms with Crippen molar-refractivity contribution in [3.8, 4) is 0 Å². The molecule has 0 saturated carbocycles. The summed E-state index contributed by atoms with van der Waals surface area (Å²) in [6.45, 7) is 2.10. The first kappa shape index (κ1) is 15.0. The molecule has 0 spiro atoms. The molecule has 0 aromatic heterocycles. The van der Waals surface area contributed by atoms with Crippen LogP contribution in [-0.2, 0) is 0 Å². The molecular formula is C14H19F3O. The molecule has 0 aliphatic rings. The van der Waals surface area contributed by atoms with Gasteiger partial charge in [0.25, 0.3) is 0 Å². The highest BCUT2D eigenvalue weighted by Gasteiger charge is 2.18. The summed E-state index contributed by atoms with van der Waals surface area (Å²) < 4.78 is 39.4. The average Bonchev–Trinajstić information content (AvgIpc) is 2.27. The van der Waals surface area contributed by atoms with Gasteiger partial charge < -0.3 is 5.11 Å². The Labute approximate surface area is 106 Å². The second-order valence-corrected chi connectivity index (χ2v) is 4.50. The summed E-state index contributed by atoms with van der Waals surface area (Å²) in [6, 6.07) is 1.19. The number of halogens is 3. The van der Waals surface area contributed by atoms with Gasteiger partial charge in [-0.25, -0.2) is 13.2 Å². The first-order valence-corrected chi connectivity index (χ1v) is 6.38. The Morgan fingerprint density at radius 2 is 1.56 bits per heavy atom. The van der Waals surface area contributed by atoms with E-state index in [1.807, 2.05) is 0 Å². The zero-order valence-electron chi connectivity index (χ0n) is 10.6. The highest BCUT2D eigenvalue weighted by atomic mass is 19.1. The molecule has 18 heavy (non-hydrogen) atoms. The number of rotatable bonds is 7. The third-order valence-corrected chi connectivity index (χ3v) is 2.96. The topological polar surface area (TPSA) is 20.2 Å². The van der Waals surface area contributed by atoms with Crippen LogP contribution >= 0.6 is 0 Å². The molecule has 0 fully saturated rings. The molecule has 0 aliphatic carbocycles. The van der Waals surface area contributed by atoms with Gasteiger partial charge in [0.2, 0.25) is 0 Å². The smallest absolute Gasteiger partial charge is 0.134 e. The quantitative estimate of drug-likeness (QED) is 0.716. The molecule has 4 heteroatoms. The van der Waals surface area contributed by atoms with Crippen molar-refractivity contribution in [2.24, 2.45) is 0 Å². The molecule has 0 heterocycles. The van der Waals surface area contributed by atoms with Crippen LogP contribution in [0.3, 0.4) is 0 Å². The first-order chi connectivity index (χ1) is 8.56. The number of aliphatic hydroxyl groups excluding tert-OH is 1. The summed E-state index contributed by atoms with van der Waals surface area (Å²) in [5.74, 6) is -3.01. The fourth-order valence-corrected chi connectivity index (χ4v) is 1.96. The maximum absolute atomic E-state index is 13.4. The SMILES string of the molecule is CCCCCCCC(O)c1c(F)cc(F)cc1F. The van der Waals surface area contributed by atoms with Crippen molar-refractivity contribution >= 4 is 0 Å². The summed E-state index contributed by atoms with van der Waals surface area (Å²) >= 11 is 0. The molecule has 1 aromatic rings. The largest absolute Gasteiger partial charge is 0.388 e. The highest BCUT2D eigenvalue weighted by molar-refractivity contribution is 5.23. The highest BCUT2D eigenvalue weighted by Crippen LogP contribution is 2.26. The molecule has 102 valence electrons. The number of benzene rings is 1. The predicted molar refractivity (Wildman–Crippen MR) is 64.7 cm³/mol. The maximum Gasteiger partial charge on any atom is 0.134 e. The molecular weight excluding hydrogens is 241 g/mol. The van der Waals surface area contributed by atoms with Gasteiger partial charge in [-0.1, -0.05) is 39.0 Å². The monoisotopic (exact) mass is 260 g/mol. The number of hydrogen-bond acceptors (Lipinski definition) is 1. The average molecular weight is 260 g/mol. The summed E-state index contributed by atoms with van der Waals surface area (Å²) in [5, 5.41) is 9.73. The lowest BCUT2D eigenvalue weighted by atomic mass is 10.0. The van der Waals surface area contributed by atoms with Crippen LogP contribution in [-0.4, -0.2) is 5.11 Å². The minimum absolute atomic E-state index is 0.295. The zero-order valence-corrected chi connectivity index (χ0v) is 10.6. The predicted octanol–water partition coefficient (Wildman–Crippen LogP) is 4.50. The van der Waals surface area contributed by atoms with Crippen molar-refractivity contribution in [1.29, 1.82) is 0 Å². The molecule has 1 atom stereocenters. The van der Waals surface area contributed by atoms with Gasteiger partial charge in [-0.05, 0) is 6.42 Å². The molecule has 0 aliphatic heterocycles. The van der Waals surface area contributed by atoms with Crippen LogP contribution in [0.4, 0.5) is 13.2 Å². The van der Waals surface area contributed by atoms with Crippen LogP contribution in [0.1, 0.15) is 57.1 Å². The summed E-state index contributed by atoms with van der Waals surface area (Å²) in [5.41, 5.74) is -0.424. The summed E-state index contributed by atoms with van der Waals surface area (Å²) in [6.07, 6.45) is 4.01. The van der Waals surface area contributed by atoms with Crippen LogP contribution in [0, 0.1) is 17.5 Å². The lowest BCUT2D eigenvalue weighted by Crippen LogP contribution is -2.05. The van der Waals surface area contributed by atoms with Crippen molar-refractivity contribution in [2.45, 2.75) is 51.6 Å². The fourth-order valence-electron chi connectivity index (χ4n) is 1.96. The molecule has 1 N–H and O–H groups in total. The van der Waals surface area contributed by atoms with Crippen molar-refractivity contribution in [1.82, 2.24) is 0 Å². The van der Waals surface area contributed by atoms with E-state index < -0.39 is 29.1 Å². The van der Waals surface area contributed by atoms with Crippen molar-refractivity contribution < 1.29 is 18.3 Å². The van der Waals surface area contributed by atoms with Crippen LogP contribution in [0.5, 0.6) is 0 Å². The number of hydrogen-bond donors (Lipinski definition) is 1. The van der Waals surface area contributed by atoms with Crippen molar-refractivity contribution in [3.63, 3.8) is 0 Å². The van der Waals surface area contributed by atoms with E-state index in [0.29, 0.717) is 25.0 Å². The van der Waals surface area contributed by atoms with E-state index in [-0.39, 0.29) is 0 Å². The Morgan fingerprint density at radius 1 is 1.00 bits per heavy atom. The third kappa shape index (κ3) is 4.33. The van der Waals surface area contributed by atoms with Gasteiger partial charge in [0, 0.05) is 12.1 Å². The van der Waals surface area contributed by atoms with Gasteiger partial charge in [0.15, 0.2) is 0 Å². The minimum Gasteiger partial charge on any atom is -0.388 e. The van der Waals surface area contributed by atoms with E-state index in [0.717, 1.165) is 25.7 Å². The van der Waals surface area contributed by atoms with Crippen molar-refractivity contribution in [3.05, 3.63) is 35.1 Å². The van der Waals surface area contributed by atoms with Gasteiger partial charge in [0.1, 0.15) is 17.5 Å². The Hall–Kier alpha value is -1.03. The van der Waals surface area contributed by atoms with Gasteiger partial charge in [-0.3, -0.25) is 0 Å². The molecule has 1 unspecified atom stereocenters. The van der Waals surface area contributed by atoms with E-state index >= 15 is 0 Å². The number of unbranched alkanes of at least 4 members (excludes halogenated alkanes) is 4. The molecule has 0 saturated heterocycles. The third-order valence-electron chi connectivity index (χ3n) is 2.96. The van der Waals surface area contributed by atoms with E-state index in [4.69, 9.17) is 0 Å². The Morgan fingerprint density at radius 3 is 2.11 bits per heavy atom. The van der Waals surface area contributed by atoms with E-state index in [9.17, 15) is 18.3 Å². The molecule has 1 aromatic carbocycles. The van der Waals surface area contributed by atoms with Gasteiger partial charge in [0.05, 0.1) is 11.7 Å².